The average molecular weight is 401 g/mol. The second kappa shape index (κ2) is 10.1. The van der Waals surface area contributed by atoms with E-state index in [0.717, 1.165) is 31.2 Å². The van der Waals surface area contributed by atoms with E-state index in [0.29, 0.717) is 18.3 Å². The molecule has 5 nitrogen and oxygen atoms in total. The van der Waals surface area contributed by atoms with E-state index in [1.54, 1.807) is 12.1 Å². The standard InChI is InChI=1S/C24H32O5/c1-16(17-8-10-18(25)11-9-17)21(26)13-12-20-19(22-14-15-23(20)29-22)6-4-2-3-5-7-24(27)28/h2,4,8-13,16,19-23,25-26H,3,5-7,14-15H2,1H3,(H,27,28)/t16?,19-,20+,21?,22-,23-/m0/s1. The Morgan fingerprint density at radius 1 is 1.21 bits per heavy atom. The summed E-state index contributed by atoms with van der Waals surface area (Å²) in [6.45, 7) is 1.98. The third-order valence-corrected chi connectivity index (χ3v) is 6.28. The minimum Gasteiger partial charge on any atom is -0.508 e. The maximum atomic E-state index is 10.6. The van der Waals surface area contributed by atoms with E-state index in [1.807, 2.05) is 25.1 Å². The number of unbranched alkanes of at least 4 members (excludes halogenated alkanes) is 1. The topological polar surface area (TPSA) is 87.0 Å². The number of aliphatic hydroxyl groups is 1. The quantitative estimate of drug-likeness (QED) is 0.400. The van der Waals surface area contributed by atoms with Crippen molar-refractivity contribution in [3.8, 4) is 5.75 Å². The van der Waals surface area contributed by atoms with Gasteiger partial charge in [0.1, 0.15) is 5.75 Å². The van der Waals surface area contributed by atoms with Crippen LogP contribution in [0.4, 0.5) is 0 Å². The third-order valence-electron chi connectivity index (χ3n) is 6.28. The number of aromatic hydroxyl groups is 1. The molecule has 0 amide bonds. The number of ether oxygens (including phenoxy) is 1. The summed E-state index contributed by atoms with van der Waals surface area (Å²) in [5, 5.41) is 28.8. The number of hydrogen-bond acceptors (Lipinski definition) is 4. The molecule has 0 radical (unpaired) electrons. The highest BCUT2D eigenvalue weighted by molar-refractivity contribution is 5.66. The van der Waals surface area contributed by atoms with Crippen LogP contribution in [0.1, 0.15) is 56.9 Å². The summed E-state index contributed by atoms with van der Waals surface area (Å²) >= 11 is 0. The molecule has 29 heavy (non-hydrogen) atoms. The number of phenolic OH excluding ortho intramolecular Hbond substituents is 1. The highest BCUT2D eigenvalue weighted by Gasteiger charge is 2.46. The number of aliphatic carboxylic acids is 1. The van der Waals surface area contributed by atoms with Crippen LogP contribution in [0, 0.1) is 11.8 Å². The van der Waals surface area contributed by atoms with Gasteiger partial charge in [-0.3, -0.25) is 4.79 Å². The molecule has 2 heterocycles. The van der Waals surface area contributed by atoms with Crippen molar-refractivity contribution < 1.29 is 24.9 Å². The molecule has 0 aliphatic carbocycles. The van der Waals surface area contributed by atoms with Gasteiger partial charge in [0.05, 0.1) is 18.3 Å². The lowest BCUT2D eigenvalue weighted by Crippen LogP contribution is -2.26. The van der Waals surface area contributed by atoms with Crippen LogP contribution >= 0.6 is 0 Å². The lowest BCUT2D eigenvalue weighted by molar-refractivity contribution is -0.137. The van der Waals surface area contributed by atoms with E-state index >= 15 is 0 Å². The molecule has 2 unspecified atom stereocenters. The van der Waals surface area contributed by atoms with E-state index < -0.39 is 12.1 Å². The molecule has 2 bridgehead atoms. The maximum Gasteiger partial charge on any atom is 0.303 e. The molecule has 158 valence electrons. The zero-order chi connectivity index (χ0) is 20.8. The summed E-state index contributed by atoms with van der Waals surface area (Å²) in [4.78, 5) is 10.6. The van der Waals surface area contributed by atoms with Crippen LogP contribution in [0.5, 0.6) is 5.75 Å². The van der Waals surface area contributed by atoms with Gasteiger partial charge in [0.15, 0.2) is 0 Å². The number of hydrogen-bond donors (Lipinski definition) is 3. The molecule has 0 aromatic heterocycles. The third kappa shape index (κ3) is 5.71. The van der Waals surface area contributed by atoms with Crippen LogP contribution < -0.4 is 0 Å². The van der Waals surface area contributed by atoms with Gasteiger partial charge < -0.3 is 20.1 Å². The van der Waals surface area contributed by atoms with E-state index in [2.05, 4.69) is 18.2 Å². The van der Waals surface area contributed by atoms with Crippen LogP contribution in [0.2, 0.25) is 0 Å². The number of carbonyl (C=O) groups is 1. The molecule has 3 N–H and O–H groups in total. The fourth-order valence-electron chi connectivity index (χ4n) is 4.51. The first-order chi connectivity index (χ1) is 14.0. The van der Waals surface area contributed by atoms with Crippen molar-refractivity contribution in [2.45, 2.75) is 69.7 Å². The second-order valence-corrected chi connectivity index (χ2v) is 8.28. The van der Waals surface area contributed by atoms with Crippen molar-refractivity contribution in [3.05, 3.63) is 54.1 Å². The summed E-state index contributed by atoms with van der Waals surface area (Å²) in [7, 11) is 0. The molecule has 6 atom stereocenters. The highest BCUT2D eigenvalue weighted by atomic mass is 16.5. The Morgan fingerprint density at radius 3 is 2.66 bits per heavy atom. The van der Waals surface area contributed by atoms with Crippen molar-refractivity contribution in [3.63, 3.8) is 0 Å². The van der Waals surface area contributed by atoms with Crippen molar-refractivity contribution >= 4 is 5.97 Å². The molecule has 0 spiro atoms. The molecule has 3 rings (SSSR count). The van der Waals surface area contributed by atoms with Gasteiger partial charge in [0.2, 0.25) is 0 Å². The minimum absolute atomic E-state index is 0.0565. The molecule has 2 saturated heterocycles. The molecule has 1 aromatic rings. The summed E-state index contributed by atoms with van der Waals surface area (Å²) in [5.74, 6) is 0.143. The number of benzene rings is 1. The molecule has 2 fully saturated rings. The SMILES string of the molecule is CC(c1ccc(O)cc1)C(O)C=C[C@@H]1[C@H](CC=CCCCC(=O)O)[C@@H]2CC[C@@H]1O2. The Bertz CT molecular complexity index is 723. The molecule has 1 aromatic carbocycles. The van der Waals surface area contributed by atoms with Gasteiger partial charge in [-0.2, -0.15) is 0 Å². The first-order valence-electron chi connectivity index (χ1n) is 10.6. The van der Waals surface area contributed by atoms with Gasteiger partial charge in [-0.15, -0.1) is 0 Å². The summed E-state index contributed by atoms with van der Waals surface area (Å²) < 4.78 is 6.13. The largest absolute Gasteiger partial charge is 0.508 e. The number of rotatable bonds is 10. The van der Waals surface area contributed by atoms with Gasteiger partial charge in [-0.25, -0.2) is 0 Å². The van der Waals surface area contributed by atoms with Crippen molar-refractivity contribution in [2.24, 2.45) is 11.8 Å². The fourth-order valence-corrected chi connectivity index (χ4v) is 4.51. The van der Waals surface area contributed by atoms with Crippen LogP contribution in [0.15, 0.2) is 48.6 Å². The number of phenols is 1. The normalized spacial score (nSPS) is 28.3. The van der Waals surface area contributed by atoms with E-state index in [1.165, 1.54) is 0 Å². The first kappa shape index (κ1) is 21.6. The van der Waals surface area contributed by atoms with Crippen molar-refractivity contribution in [1.82, 2.24) is 0 Å². The number of aliphatic hydroxyl groups excluding tert-OH is 1. The van der Waals surface area contributed by atoms with Crippen LogP contribution in [0.3, 0.4) is 0 Å². The summed E-state index contributed by atoms with van der Waals surface area (Å²) in [6.07, 6.45) is 13.0. The predicted octanol–water partition coefficient (Wildman–Crippen LogP) is 4.41. The lowest BCUT2D eigenvalue weighted by atomic mass is 9.77. The van der Waals surface area contributed by atoms with Crippen molar-refractivity contribution in [1.29, 1.82) is 0 Å². The van der Waals surface area contributed by atoms with Gasteiger partial charge in [0, 0.05) is 18.3 Å². The molecule has 2 aliphatic rings. The first-order valence-corrected chi connectivity index (χ1v) is 10.6. The predicted molar refractivity (Wildman–Crippen MR) is 112 cm³/mol. The highest BCUT2D eigenvalue weighted by Crippen LogP contribution is 2.46. The Kier molecular flexibility index (Phi) is 7.51. The Balaban J connectivity index is 1.55. The zero-order valence-corrected chi connectivity index (χ0v) is 17.0. The van der Waals surface area contributed by atoms with Gasteiger partial charge >= 0.3 is 5.97 Å². The Hall–Kier alpha value is -2.11. The van der Waals surface area contributed by atoms with Crippen LogP contribution in [-0.2, 0) is 9.53 Å². The minimum atomic E-state index is -0.745. The Morgan fingerprint density at radius 2 is 1.93 bits per heavy atom. The maximum absolute atomic E-state index is 10.6. The molecule has 0 saturated carbocycles. The number of carboxylic acid groups (broad SMARTS) is 1. The van der Waals surface area contributed by atoms with Crippen LogP contribution in [0.25, 0.3) is 0 Å². The monoisotopic (exact) mass is 400 g/mol. The van der Waals surface area contributed by atoms with Gasteiger partial charge in [-0.05, 0) is 55.7 Å². The number of carboxylic acids is 1. The van der Waals surface area contributed by atoms with Crippen LogP contribution in [-0.4, -0.2) is 39.6 Å². The lowest BCUT2D eigenvalue weighted by Gasteiger charge is -2.25. The zero-order valence-electron chi connectivity index (χ0n) is 17.0. The fraction of sp³-hybridized carbons (Fsp3) is 0.542. The molecular formula is C24H32O5. The second-order valence-electron chi connectivity index (χ2n) is 8.28. The molecular weight excluding hydrogens is 368 g/mol. The van der Waals surface area contributed by atoms with E-state index in [4.69, 9.17) is 9.84 Å². The van der Waals surface area contributed by atoms with Gasteiger partial charge in [-0.1, -0.05) is 43.4 Å². The smallest absolute Gasteiger partial charge is 0.303 e. The molecule has 5 heteroatoms. The van der Waals surface area contributed by atoms with Gasteiger partial charge in [0.25, 0.3) is 0 Å². The summed E-state index contributed by atoms with van der Waals surface area (Å²) in [5.41, 5.74) is 0.991. The summed E-state index contributed by atoms with van der Waals surface area (Å²) in [6, 6.07) is 6.97. The number of allylic oxidation sites excluding steroid dienone is 2. The van der Waals surface area contributed by atoms with Crippen molar-refractivity contribution in [2.75, 3.05) is 0 Å². The van der Waals surface area contributed by atoms with E-state index in [9.17, 15) is 15.0 Å². The molecule has 2 aliphatic heterocycles. The van der Waals surface area contributed by atoms with E-state index in [-0.39, 0.29) is 30.3 Å². The Labute approximate surface area is 172 Å². The average Bonchev–Trinajstić information content (AvgIpc) is 3.30. The number of fused-ring (bicyclic) bond motifs is 2.